The predicted molar refractivity (Wildman–Crippen MR) is 148 cm³/mol. The minimum absolute atomic E-state index is 0.00391. The molecule has 0 radical (unpaired) electrons. The Balaban J connectivity index is 1.60. The van der Waals surface area contributed by atoms with Gasteiger partial charge in [-0.05, 0) is 78.7 Å². The van der Waals surface area contributed by atoms with Crippen LogP contribution < -0.4 is 4.18 Å². The third-order valence-electron chi connectivity index (χ3n) is 5.63. The molecule has 0 saturated carbocycles. The van der Waals surface area contributed by atoms with E-state index in [1.165, 1.54) is 60.7 Å². The number of benzene rings is 4. The molecule has 0 N–H and O–H groups in total. The average Bonchev–Trinajstić information content (AvgIpc) is 2.92. The smallest absolute Gasteiger partial charge is 0.339 e. The Morgan fingerprint density at radius 3 is 2.23 bits per heavy atom. The number of nitro benzene ring substituents is 1. The monoisotopic (exact) mass is 581 g/mol. The second kappa shape index (κ2) is 12.2. The molecule has 7 nitrogen and oxygen atoms in total. The molecular formula is C29H21F2NO6S2. The van der Waals surface area contributed by atoms with Crippen molar-refractivity contribution in [1.29, 1.82) is 0 Å². The molecule has 0 fully saturated rings. The van der Waals surface area contributed by atoms with Crippen molar-refractivity contribution in [3.8, 4) is 5.75 Å². The number of Topliss-reactive ketones (excluding diaryl/α,β-unsaturated/α-hetero) is 1. The number of carbonyl (C=O) groups excluding carboxylic acids is 1. The lowest BCUT2D eigenvalue weighted by molar-refractivity contribution is -0.387. The lowest BCUT2D eigenvalue weighted by atomic mass is 10.1. The molecule has 0 heterocycles. The van der Waals surface area contributed by atoms with Crippen LogP contribution in [0.25, 0.3) is 6.08 Å². The van der Waals surface area contributed by atoms with Gasteiger partial charge in [-0.15, -0.1) is 11.8 Å². The van der Waals surface area contributed by atoms with E-state index in [-0.39, 0.29) is 32.4 Å². The molecule has 11 heteroatoms. The van der Waals surface area contributed by atoms with Crippen LogP contribution in [0.4, 0.5) is 14.5 Å². The molecule has 4 aromatic rings. The second-order valence-corrected chi connectivity index (χ2v) is 11.2. The molecule has 0 aliphatic rings. The topological polar surface area (TPSA) is 104 Å². The summed E-state index contributed by atoms with van der Waals surface area (Å²) in [6, 6.07) is 20.6. The number of halogens is 2. The SMILES string of the molecule is Cc1ccc(S(=O)(=O)Oc2ccc(C(=O)C(=Cc3ccc(F)c([N+](=O)[O-])c3)SCc3ccc(F)cc3)cc2)cc1. The van der Waals surface area contributed by atoms with Gasteiger partial charge in [-0.25, -0.2) is 4.39 Å². The van der Waals surface area contributed by atoms with Gasteiger partial charge in [0.15, 0.2) is 5.78 Å². The maximum atomic E-state index is 13.8. The van der Waals surface area contributed by atoms with Crippen molar-refractivity contribution in [2.45, 2.75) is 17.6 Å². The highest BCUT2D eigenvalue weighted by atomic mass is 32.2. The molecule has 0 aliphatic heterocycles. The molecule has 4 rings (SSSR count). The highest BCUT2D eigenvalue weighted by Crippen LogP contribution is 2.30. The molecule has 0 amide bonds. The van der Waals surface area contributed by atoms with Crippen LogP contribution in [0.1, 0.15) is 27.0 Å². The predicted octanol–water partition coefficient (Wildman–Crippen LogP) is 7.11. The lowest BCUT2D eigenvalue weighted by Crippen LogP contribution is -2.10. The highest BCUT2D eigenvalue weighted by Gasteiger charge is 2.19. The fourth-order valence-corrected chi connectivity index (χ4v) is 5.42. The molecular weight excluding hydrogens is 560 g/mol. The largest absolute Gasteiger partial charge is 0.379 e. The van der Waals surface area contributed by atoms with Crippen molar-refractivity contribution in [2.75, 3.05) is 0 Å². The van der Waals surface area contributed by atoms with E-state index in [0.717, 1.165) is 35.0 Å². The van der Waals surface area contributed by atoms with E-state index in [0.29, 0.717) is 0 Å². The third kappa shape index (κ3) is 7.19. The fraction of sp³-hybridized carbons (Fsp3) is 0.0690. The molecule has 0 atom stereocenters. The van der Waals surface area contributed by atoms with Crippen molar-refractivity contribution < 1.29 is 31.1 Å². The lowest BCUT2D eigenvalue weighted by Gasteiger charge is -2.10. The average molecular weight is 582 g/mol. The Kier molecular flexibility index (Phi) is 8.76. The Morgan fingerprint density at radius 1 is 0.950 bits per heavy atom. The summed E-state index contributed by atoms with van der Waals surface area (Å²) in [5.74, 6) is -1.61. The molecule has 0 saturated heterocycles. The highest BCUT2D eigenvalue weighted by molar-refractivity contribution is 8.03. The van der Waals surface area contributed by atoms with Gasteiger partial charge in [0.25, 0.3) is 0 Å². The minimum Gasteiger partial charge on any atom is -0.379 e. The van der Waals surface area contributed by atoms with Gasteiger partial charge < -0.3 is 4.18 Å². The molecule has 0 bridgehead atoms. The summed E-state index contributed by atoms with van der Waals surface area (Å²) in [6.07, 6.45) is 1.40. The number of carbonyl (C=O) groups is 1. The van der Waals surface area contributed by atoms with E-state index < -0.39 is 38.1 Å². The number of allylic oxidation sites excluding steroid dienone is 1. The van der Waals surface area contributed by atoms with Crippen molar-refractivity contribution in [3.05, 3.63) is 140 Å². The number of rotatable bonds is 10. The second-order valence-electron chi connectivity index (χ2n) is 8.60. The van der Waals surface area contributed by atoms with Crippen LogP contribution in [0.2, 0.25) is 0 Å². The molecule has 4 aromatic carbocycles. The summed E-state index contributed by atoms with van der Waals surface area (Å²) in [5.41, 5.74) is 1.29. The van der Waals surface area contributed by atoms with Crippen LogP contribution in [0.15, 0.2) is 101 Å². The molecule has 40 heavy (non-hydrogen) atoms. The Hall–Kier alpha value is -4.35. The zero-order valence-corrected chi connectivity index (χ0v) is 22.5. The summed E-state index contributed by atoms with van der Waals surface area (Å²) in [4.78, 5) is 23.9. The first-order valence-corrected chi connectivity index (χ1v) is 14.1. The summed E-state index contributed by atoms with van der Waals surface area (Å²) < 4.78 is 57.5. The number of hydrogen-bond donors (Lipinski definition) is 0. The van der Waals surface area contributed by atoms with Crippen molar-refractivity contribution in [1.82, 2.24) is 0 Å². The fourth-order valence-electron chi connectivity index (χ4n) is 3.51. The van der Waals surface area contributed by atoms with Gasteiger partial charge in [-0.1, -0.05) is 35.9 Å². The van der Waals surface area contributed by atoms with Gasteiger partial charge in [-0.3, -0.25) is 14.9 Å². The summed E-state index contributed by atoms with van der Waals surface area (Å²) in [7, 11) is -4.09. The van der Waals surface area contributed by atoms with Crippen LogP contribution in [0, 0.1) is 28.7 Å². The maximum Gasteiger partial charge on any atom is 0.339 e. The van der Waals surface area contributed by atoms with E-state index in [9.17, 15) is 32.1 Å². The van der Waals surface area contributed by atoms with Gasteiger partial charge in [-0.2, -0.15) is 12.8 Å². The van der Waals surface area contributed by atoms with E-state index in [4.69, 9.17) is 4.18 Å². The van der Waals surface area contributed by atoms with E-state index in [1.54, 1.807) is 24.3 Å². The normalized spacial score (nSPS) is 11.7. The van der Waals surface area contributed by atoms with Crippen LogP contribution in [0.3, 0.4) is 0 Å². The first-order valence-electron chi connectivity index (χ1n) is 11.7. The first-order chi connectivity index (χ1) is 19.0. The van der Waals surface area contributed by atoms with Gasteiger partial charge in [0.2, 0.25) is 5.82 Å². The van der Waals surface area contributed by atoms with Gasteiger partial charge in [0.05, 0.1) is 9.83 Å². The van der Waals surface area contributed by atoms with Crippen molar-refractivity contribution in [3.63, 3.8) is 0 Å². The number of nitrogens with zero attached hydrogens (tertiary/aromatic N) is 1. The molecule has 0 aliphatic carbocycles. The number of aryl methyl sites for hydroxylation is 1. The zero-order chi connectivity index (χ0) is 28.9. The van der Waals surface area contributed by atoms with Gasteiger partial charge in [0.1, 0.15) is 16.5 Å². The van der Waals surface area contributed by atoms with Crippen LogP contribution >= 0.6 is 11.8 Å². The van der Waals surface area contributed by atoms with E-state index >= 15 is 0 Å². The third-order valence-corrected chi connectivity index (χ3v) is 7.98. The van der Waals surface area contributed by atoms with Crippen LogP contribution in [-0.4, -0.2) is 19.1 Å². The Morgan fingerprint density at radius 2 is 1.60 bits per heavy atom. The summed E-state index contributed by atoms with van der Waals surface area (Å²) in [6.45, 7) is 1.82. The van der Waals surface area contributed by atoms with E-state index in [2.05, 4.69) is 0 Å². The minimum atomic E-state index is -4.09. The standard InChI is InChI=1S/C29H21F2NO6S2/c1-19-2-13-25(14-3-19)40(36,37)38-24-11-7-22(8-12-24)29(33)28(39-18-20-4-9-23(30)10-5-20)17-21-6-15-26(31)27(16-21)32(34)35/h2-17H,18H2,1H3. The van der Waals surface area contributed by atoms with E-state index in [1.807, 2.05) is 6.92 Å². The van der Waals surface area contributed by atoms with Crippen LogP contribution in [-0.2, 0) is 15.9 Å². The van der Waals surface area contributed by atoms with Crippen molar-refractivity contribution >= 4 is 39.4 Å². The Labute approximate surface area is 233 Å². The molecule has 0 aromatic heterocycles. The maximum absolute atomic E-state index is 13.8. The number of nitro groups is 1. The zero-order valence-electron chi connectivity index (χ0n) is 20.9. The molecule has 0 spiro atoms. The molecule has 204 valence electrons. The summed E-state index contributed by atoms with van der Waals surface area (Å²) in [5, 5.41) is 11.2. The van der Waals surface area contributed by atoms with Gasteiger partial charge in [0, 0.05) is 17.4 Å². The van der Waals surface area contributed by atoms with Gasteiger partial charge >= 0.3 is 15.8 Å². The Bertz CT molecular complexity index is 1690. The molecule has 0 unspecified atom stereocenters. The number of ketones is 1. The first kappa shape index (κ1) is 28.7. The van der Waals surface area contributed by atoms with Crippen molar-refractivity contribution in [2.24, 2.45) is 0 Å². The van der Waals surface area contributed by atoms with Crippen LogP contribution in [0.5, 0.6) is 5.75 Å². The number of hydrogen-bond acceptors (Lipinski definition) is 7. The summed E-state index contributed by atoms with van der Waals surface area (Å²) >= 11 is 1.11. The quantitative estimate of drug-likeness (QED) is 0.0647. The number of thioether (sulfide) groups is 1.